The Labute approximate surface area is 170 Å². The Morgan fingerprint density at radius 1 is 0.966 bits per heavy atom. The molecule has 2 heterocycles. The predicted molar refractivity (Wildman–Crippen MR) is 110 cm³/mol. The second kappa shape index (κ2) is 8.23. The fourth-order valence-corrected chi connectivity index (χ4v) is 4.53. The van der Waals surface area contributed by atoms with E-state index in [-0.39, 0.29) is 35.9 Å². The molecule has 4 rings (SSSR count). The highest BCUT2D eigenvalue weighted by Gasteiger charge is 2.41. The van der Waals surface area contributed by atoms with Crippen molar-refractivity contribution in [2.45, 2.75) is 57.2 Å². The highest BCUT2D eigenvalue weighted by molar-refractivity contribution is 5.94. The van der Waals surface area contributed by atoms with E-state index in [2.05, 4.69) is 10.6 Å². The molecule has 2 N–H and O–H groups in total. The van der Waals surface area contributed by atoms with Gasteiger partial charge in [-0.25, -0.2) is 9.18 Å². The summed E-state index contributed by atoms with van der Waals surface area (Å²) in [5, 5.41) is 6.10. The van der Waals surface area contributed by atoms with Crippen molar-refractivity contribution in [3.63, 3.8) is 0 Å². The molecule has 152 valence electrons. The first-order valence-corrected chi connectivity index (χ1v) is 10.2. The maximum Gasteiger partial charge on any atom is 0.322 e. The van der Waals surface area contributed by atoms with E-state index in [4.69, 9.17) is 0 Å². The lowest BCUT2D eigenvalue weighted by atomic mass is 9.82. The van der Waals surface area contributed by atoms with E-state index in [0.717, 1.165) is 43.4 Å². The van der Waals surface area contributed by atoms with Gasteiger partial charge in [0.05, 0.1) is 0 Å². The highest BCUT2D eigenvalue weighted by Crippen LogP contribution is 2.34. The van der Waals surface area contributed by atoms with Crippen molar-refractivity contribution in [2.75, 3.05) is 5.32 Å². The van der Waals surface area contributed by atoms with Gasteiger partial charge in [0.1, 0.15) is 5.82 Å². The van der Waals surface area contributed by atoms with Gasteiger partial charge >= 0.3 is 6.03 Å². The second-order valence-electron chi connectivity index (χ2n) is 8.09. The molecule has 2 bridgehead atoms. The van der Waals surface area contributed by atoms with E-state index in [0.29, 0.717) is 5.56 Å². The monoisotopic (exact) mass is 395 g/mol. The van der Waals surface area contributed by atoms with Crippen LogP contribution < -0.4 is 10.6 Å². The summed E-state index contributed by atoms with van der Waals surface area (Å²) < 4.78 is 13.1. The van der Waals surface area contributed by atoms with Crippen molar-refractivity contribution in [1.29, 1.82) is 0 Å². The number of urea groups is 1. The molecule has 0 spiro atoms. The maximum atomic E-state index is 13.1. The third-order valence-electron chi connectivity index (χ3n) is 5.95. The molecule has 2 saturated heterocycles. The zero-order valence-electron chi connectivity index (χ0n) is 16.5. The fourth-order valence-electron chi connectivity index (χ4n) is 4.53. The topological polar surface area (TPSA) is 61.4 Å². The number of carbonyl (C=O) groups is 2. The molecule has 2 fully saturated rings. The molecule has 0 aromatic heterocycles. The van der Waals surface area contributed by atoms with Crippen LogP contribution in [0.15, 0.2) is 48.5 Å². The number of nitrogens with one attached hydrogen (secondary N) is 2. The molecule has 2 aliphatic rings. The second-order valence-corrected chi connectivity index (χ2v) is 8.09. The van der Waals surface area contributed by atoms with Crippen molar-refractivity contribution < 1.29 is 14.0 Å². The van der Waals surface area contributed by atoms with Gasteiger partial charge in [-0.1, -0.05) is 17.7 Å². The molecule has 6 heteroatoms. The van der Waals surface area contributed by atoms with Crippen molar-refractivity contribution in [3.8, 4) is 0 Å². The zero-order valence-corrected chi connectivity index (χ0v) is 16.5. The van der Waals surface area contributed by atoms with Gasteiger partial charge in [0.2, 0.25) is 0 Å². The van der Waals surface area contributed by atoms with Crippen molar-refractivity contribution >= 4 is 17.6 Å². The molecular formula is C23H26FN3O2. The van der Waals surface area contributed by atoms with E-state index in [1.807, 2.05) is 36.1 Å². The molecule has 0 aliphatic carbocycles. The van der Waals surface area contributed by atoms with E-state index >= 15 is 0 Å². The molecule has 0 radical (unpaired) electrons. The van der Waals surface area contributed by atoms with Gasteiger partial charge in [0.15, 0.2) is 0 Å². The Bertz CT molecular complexity index is 868. The van der Waals surface area contributed by atoms with Crippen LogP contribution in [0.5, 0.6) is 0 Å². The summed E-state index contributed by atoms with van der Waals surface area (Å²) in [5.41, 5.74) is 2.40. The highest BCUT2D eigenvalue weighted by atomic mass is 19.1. The lowest BCUT2D eigenvalue weighted by molar-refractivity contribution is 0.0577. The lowest BCUT2D eigenvalue weighted by Crippen LogP contribution is -2.59. The molecular weight excluding hydrogens is 369 g/mol. The normalized spacial score (nSPS) is 23.4. The first-order chi connectivity index (χ1) is 14.0. The largest absolute Gasteiger partial charge is 0.349 e. The van der Waals surface area contributed by atoms with Crippen molar-refractivity contribution in [2.24, 2.45) is 0 Å². The van der Waals surface area contributed by atoms with Gasteiger partial charge in [0.25, 0.3) is 5.91 Å². The Morgan fingerprint density at radius 3 is 2.21 bits per heavy atom. The average molecular weight is 395 g/mol. The Kier molecular flexibility index (Phi) is 5.51. The molecule has 2 atom stereocenters. The summed E-state index contributed by atoms with van der Waals surface area (Å²) in [6, 6.07) is 13.6. The van der Waals surface area contributed by atoms with Crippen LogP contribution in [0.1, 0.15) is 48.0 Å². The number of fused-ring (bicyclic) bond motifs is 2. The van der Waals surface area contributed by atoms with Crippen LogP contribution in [0, 0.1) is 12.7 Å². The summed E-state index contributed by atoms with van der Waals surface area (Å²) in [6.07, 6.45) is 4.47. The summed E-state index contributed by atoms with van der Waals surface area (Å²) in [5.74, 6) is -0.547. The smallest absolute Gasteiger partial charge is 0.322 e. The first kappa shape index (κ1) is 19.4. The average Bonchev–Trinajstić information content (AvgIpc) is 2.69. The van der Waals surface area contributed by atoms with Crippen LogP contribution >= 0.6 is 0 Å². The number of halogens is 1. The van der Waals surface area contributed by atoms with Gasteiger partial charge in [-0.2, -0.15) is 0 Å². The number of nitrogens with zero attached hydrogens (tertiary/aromatic N) is 1. The number of benzene rings is 2. The number of hydrogen-bond donors (Lipinski definition) is 2. The molecule has 2 unspecified atom stereocenters. The van der Waals surface area contributed by atoms with Crippen molar-refractivity contribution in [1.82, 2.24) is 10.2 Å². The summed E-state index contributed by atoms with van der Waals surface area (Å²) in [4.78, 5) is 27.4. The number of aryl methyl sites for hydroxylation is 1. The molecule has 29 heavy (non-hydrogen) atoms. The number of amides is 3. The molecule has 0 saturated carbocycles. The van der Waals surface area contributed by atoms with E-state index in [1.54, 1.807) is 0 Å². The number of hydrogen-bond acceptors (Lipinski definition) is 2. The van der Waals surface area contributed by atoms with Crippen LogP contribution in [-0.4, -0.2) is 35.0 Å². The van der Waals surface area contributed by atoms with E-state index < -0.39 is 0 Å². The Balaban J connectivity index is 1.40. The number of anilines is 1. The maximum absolute atomic E-state index is 13.1. The first-order valence-electron chi connectivity index (χ1n) is 10.2. The Morgan fingerprint density at radius 2 is 1.59 bits per heavy atom. The van der Waals surface area contributed by atoms with Gasteiger partial charge in [-0.3, -0.25) is 4.79 Å². The molecule has 3 amide bonds. The quantitative estimate of drug-likeness (QED) is 0.805. The number of carbonyl (C=O) groups excluding carboxylic acids is 2. The van der Waals surface area contributed by atoms with Crippen LogP contribution in [0.25, 0.3) is 0 Å². The van der Waals surface area contributed by atoms with Crippen LogP contribution in [0.4, 0.5) is 14.9 Å². The summed E-state index contributed by atoms with van der Waals surface area (Å²) in [7, 11) is 0. The minimum atomic E-state index is -0.357. The fraction of sp³-hybridized carbons (Fsp3) is 0.391. The summed E-state index contributed by atoms with van der Waals surface area (Å²) in [6.45, 7) is 2.01. The lowest BCUT2D eigenvalue weighted by Gasteiger charge is -2.48. The van der Waals surface area contributed by atoms with Crippen LogP contribution in [-0.2, 0) is 0 Å². The van der Waals surface area contributed by atoms with E-state index in [1.165, 1.54) is 24.3 Å². The van der Waals surface area contributed by atoms with Gasteiger partial charge in [-0.05, 0) is 75.4 Å². The minimum Gasteiger partial charge on any atom is -0.349 e. The van der Waals surface area contributed by atoms with Gasteiger partial charge in [-0.15, -0.1) is 0 Å². The standard InChI is InChI=1S/C23H26FN3O2/c1-15-5-11-18(12-6-15)26-23(29)27-20-3-2-4-21(27)14-19(13-20)25-22(28)16-7-9-17(24)10-8-16/h5-12,19-21H,2-4,13-14H2,1H3,(H,25,28)(H,26,29). The Hall–Kier alpha value is -2.89. The molecule has 2 aromatic rings. The number of piperidine rings is 2. The third-order valence-corrected chi connectivity index (χ3v) is 5.95. The zero-order chi connectivity index (χ0) is 20.4. The van der Waals surface area contributed by atoms with Crippen LogP contribution in [0.2, 0.25) is 0 Å². The van der Waals surface area contributed by atoms with Gasteiger partial charge in [0, 0.05) is 29.4 Å². The SMILES string of the molecule is Cc1ccc(NC(=O)N2C3CCCC2CC(NC(=O)c2ccc(F)cc2)C3)cc1. The summed E-state index contributed by atoms with van der Waals surface area (Å²) >= 11 is 0. The van der Waals surface area contributed by atoms with Crippen LogP contribution in [0.3, 0.4) is 0 Å². The predicted octanol–water partition coefficient (Wildman–Crippen LogP) is 4.48. The molecule has 5 nitrogen and oxygen atoms in total. The minimum absolute atomic E-state index is 0.0197. The van der Waals surface area contributed by atoms with Gasteiger partial charge < -0.3 is 15.5 Å². The molecule has 2 aliphatic heterocycles. The number of rotatable bonds is 3. The van der Waals surface area contributed by atoms with E-state index in [9.17, 15) is 14.0 Å². The third kappa shape index (κ3) is 4.42. The van der Waals surface area contributed by atoms with Crippen molar-refractivity contribution in [3.05, 3.63) is 65.5 Å². The molecule has 2 aromatic carbocycles.